The third-order valence-electron chi connectivity index (χ3n) is 4.43. The molecule has 1 aliphatic heterocycles. The maximum atomic E-state index is 12.4. The average Bonchev–Trinajstić information content (AvgIpc) is 3.34. The molecule has 3 heterocycles. The number of furan rings is 1. The number of hydrogen-bond donors (Lipinski definition) is 1. The predicted octanol–water partition coefficient (Wildman–Crippen LogP) is 3.19. The summed E-state index contributed by atoms with van der Waals surface area (Å²) in [5.41, 5.74) is 1.10. The van der Waals surface area contributed by atoms with Crippen LogP contribution in [0.25, 0.3) is 0 Å². The average molecular weight is 517 g/mol. The highest BCUT2D eigenvalue weighted by atomic mass is 127. The van der Waals surface area contributed by atoms with Crippen LogP contribution in [0.2, 0.25) is 0 Å². The summed E-state index contributed by atoms with van der Waals surface area (Å²) in [4.78, 5) is 25.5. The lowest BCUT2D eigenvalue weighted by molar-refractivity contribution is 0.0657. The van der Waals surface area contributed by atoms with Crippen LogP contribution in [0.15, 0.2) is 33.2 Å². The minimum atomic E-state index is -0.0558. The number of hydrogen-bond acceptors (Lipinski definition) is 5. The third-order valence-corrected chi connectivity index (χ3v) is 5.75. The molecule has 0 atom stereocenters. The monoisotopic (exact) mass is 517 g/mol. The predicted molar refractivity (Wildman–Crippen MR) is 123 cm³/mol. The molecule has 2 aromatic rings. The van der Waals surface area contributed by atoms with Crippen molar-refractivity contribution in [2.45, 2.75) is 32.7 Å². The number of rotatable bonds is 3. The van der Waals surface area contributed by atoms with Crippen molar-refractivity contribution < 1.29 is 9.21 Å². The Balaban J connectivity index is 0.00000280. The molecule has 0 saturated carbocycles. The molecular weight excluding hydrogens is 489 g/mol. The van der Waals surface area contributed by atoms with E-state index in [4.69, 9.17) is 9.40 Å². The van der Waals surface area contributed by atoms with Gasteiger partial charge in [0.15, 0.2) is 11.7 Å². The number of piperazine rings is 1. The van der Waals surface area contributed by atoms with E-state index in [1.54, 1.807) is 30.5 Å². The zero-order valence-electron chi connectivity index (χ0n) is 16.8. The normalized spacial score (nSPS) is 15.4. The van der Waals surface area contributed by atoms with Crippen LogP contribution in [0.4, 0.5) is 0 Å². The second-order valence-corrected chi connectivity index (χ2v) is 8.41. The first-order valence-corrected chi connectivity index (χ1v) is 9.99. The number of nitrogens with one attached hydrogen (secondary N) is 1. The van der Waals surface area contributed by atoms with Crippen LogP contribution in [0.3, 0.4) is 0 Å². The molecule has 0 spiro atoms. The van der Waals surface area contributed by atoms with Crippen LogP contribution in [-0.2, 0) is 12.0 Å². The van der Waals surface area contributed by atoms with Crippen molar-refractivity contribution in [3.8, 4) is 0 Å². The summed E-state index contributed by atoms with van der Waals surface area (Å²) >= 11 is 1.70. The number of nitrogens with zero attached hydrogens (tertiary/aromatic N) is 4. The van der Waals surface area contributed by atoms with Crippen molar-refractivity contribution in [1.82, 2.24) is 20.1 Å². The molecule has 0 aromatic carbocycles. The summed E-state index contributed by atoms with van der Waals surface area (Å²) in [5, 5.41) is 6.63. The molecule has 3 rings (SSSR count). The van der Waals surface area contributed by atoms with Gasteiger partial charge in [-0.1, -0.05) is 20.8 Å². The van der Waals surface area contributed by atoms with E-state index in [1.807, 2.05) is 4.90 Å². The lowest BCUT2D eigenvalue weighted by Gasteiger charge is -2.36. The van der Waals surface area contributed by atoms with Crippen LogP contribution in [0.1, 0.15) is 42.0 Å². The number of aromatic nitrogens is 1. The molecule has 0 unspecified atom stereocenters. The van der Waals surface area contributed by atoms with Crippen LogP contribution in [0, 0.1) is 0 Å². The standard InChI is InChI=1S/C19H27N5O2S.HI/c1-19(2,3)17-22-14(13-27-17)12-21-18(20-4)24-9-7-23(8-10-24)16(25)15-6-5-11-26-15;/h5-6,11,13H,7-10,12H2,1-4H3,(H,20,21);1H. The van der Waals surface area contributed by atoms with E-state index in [0.29, 0.717) is 25.4 Å². The van der Waals surface area contributed by atoms with Crippen molar-refractivity contribution in [2.24, 2.45) is 4.99 Å². The number of thiazole rings is 1. The van der Waals surface area contributed by atoms with Gasteiger partial charge in [-0.3, -0.25) is 9.79 Å². The van der Waals surface area contributed by atoms with Gasteiger partial charge < -0.3 is 19.5 Å². The number of carbonyl (C=O) groups excluding carboxylic acids is 1. The highest BCUT2D eigenvalue weighted by molar-refractivity contribution is 14.0. The lowest BCUT2D eigenvalue weighted by Crippen LogP contribution is -2.53. The van der Waals surface area contributed by atoms with Crippen molar-refractivity contribution in [3.05, 3.63) is 40.2 Å². The van der Waals surface area contributed by atoms with E-state index in [-0.39, 0.29) is 35.3 Å². The summed E-state index contributed by atoms with van der Waals surface area (Å²) in [5.74, 6) is 1.18. The van der Waals surface area contributed by atoms with Crippen molar-refractivity contribution in [1.29, 1.82) is 0 Å². The molecule has 154 valence electrons. The fourth-order valence-corrected chi connectivity index (χ4v) is 3.82. The minimum Gasteiger partial charge on any atom is -0.459 e. The quantitative estimate of drug-likeness (QED) is 0.385. The smallest absolute Gasteiger partial charge is 0.289 e. The topological polar surface area (TPSA) is 74.0 Å². The molecule has 7 nitrogen and oxygen atoms in total. The fraction of sp³-hybridized carbons (Fsp3) is 0.526. The van der Waals surface area contributed by atoms with E-state index in [9.17, 15) is 4.79 Å². The van der Waals surface area contributed by atoms with Gasteiger partial charge in [0.25, 0.3) is 5.91 Å². The Hall–Kier alpha value is -1.62. The minimum absolute atomic E-state index is 0. The lowest BCUT2D eigenvalue weighted by atomic mass is 9.98. The Morgan fingerprint density at radius 1 is 1.29 bits per heavy atom. The second-order valence-electron chi connectivity index (χ2n) is 7.55. The number of amides is 1. The number of guanidine groups is 1. The van der Waals surface area contributed by atoms with Crippen LogP contribution < -0.4 is 5.32 Å². The number of carbonyl (C=O) groups is 1. The van der Waals surface area contributed by atoms with E-state index in [0.717, 1.165) is 29.8 Å². The Labute approximate surface area is 187 Å². The van der Waals surface area contributed by atoms with Crippen molar-refractivity contribution in [3.63, 3.8) is 0 Å². The first-order chi connectivity index (χ1) is 12.9. The molecule has 1 amide bonds. The SMILES string of the molecule is CN=C(NCc1csc(C(C)(C)C)n1)N1CCN(C(=O)c2ccco2)CC1.I. The van der Waals surface area contributed by atoms with Gasteiger partial charge in [-0.25, -0.2) is 4.98 Å². The molecule has 1 fully saturated rings. The summed E-state index contributed by atoms with van der Waals surface area (Å²) in [6.07, 6.45) is 1.53. The van der Waals surface area contributed by atoms with Crippen molar-refractivity contribution >= 4 is 47.2 Å². The summed E-state index contributed by atoms with van der Waals surface area (Å²) in [6.45, 7) is 9.91. The first-order valence-electron chi connectivity index (χ1n) is 9.12. The molecule has 0 radical (unpaired) electrons. The van der Waals surface area contributed by atoms with E-state index >= 15 is 0 Å². The molecule has 1 aliphatic rings. The molecule has 2 aromatic heterocycles. The zero-order chi connectivity index (χ0) is 19.4. The molecule has 0 aliphatic carbocycles. The largest absolute Gasteiger partial charge is 0.459 e. The summed E-state index contributed by atoms with van der Waals surface area (Å²) in [6, 6.07) is 3.44. The molecule has 28 heavy (non-hydrogen) atoms. The molecule has 9 heteroatoms. The van der Waals surface area contributed by atoms with Crippen LogP contribution in [-0.4, -0.2) is 59.9 Å². The molecule has 1 saturated heterocycles. The van der Waals surface area contributed by atoms with Gasteiger partial charge in [-0.2, -0.15) is 0 Å². The van der Waals surface area contributed by atoms with Crippen LogP contribution >= 0.6 is 35.3 Å². The maximum Gasteiger partial charge on any atom is 0.289 e. The van der Waals surface area contributed by atoms with Gasteiger partial charge in [0.2, 0.25) is 0 Å². The highest BCUT2D eigenvalue weighted by Gasteiger charge is 2.25. The maximum absolute atomic E-state index is 12.4. The summed E-state index contributed by atoms with van der Waals surface area (Å²) < 4.78 is 5.21. The second kappa shape index (κ2) is 9.73. The van der Waals surface area contributed by atoms with Gasteiger partial charge in [0.05, 0.1) is 23.5 Å². The molecular formula is C19H28IN5O2S. The highest BCUT2D eigenvalue weighted by Crippen LogP contribution is 2.25. The Morgan fingerprint density at radius 3 is 2.50 bits per heavy atom. The van der Waals surface area contributed by atoms with Gasteiger partial charge in [0.1, 0.15) is 0 Å². The zero-order valence-corrected chi connectivity index (χ0v) is 19.9. The van der Waals surface area contributed by atoms with Gasteiger partial charge in [0, 0.05) is 44.0 Å². The summed E-state index contributed by atoms with van der Waals surface area (Å²) in [7, 11) is 1.78. The first kappa shape index (κ1) is 22.7. The fourth-order valence-electron chi connectivity index (χ4n) is 2.91. The number of halogens is 1. The van der Waals surface area contributed by atoms with Crippen LogP contribution in [0.5, 0.6) is 0 Å². The van der Waals surface area contributed by atoms with Gasteiger partial charge in [-0.05, 0) is 12.1 Å². The van der Waals surface area contributed by atoms with E-state index in [2.05, 4.69) is 41.4 Å². The van der Waals surface area contributed by atoms with E-state index in [1.165, 1.54) is 6.26 Å². The van der Waals surface area contributed by atoms with Gasteiger partial charge in [-0.15, -0.1) is 35.3 Å². The van der Waals surface area contributed by atoms with Crippen molar-refractivity contribution in [2.75, 3.05) is 33.2 Å². The Morgan fingerprint density at radius 2 is 1.96 bits per heavy atom. The molecule has 0 bridgehead atoms. The third kappa shape index (κ3) is 5.47. The number of aliphatic imine (C=N–C) groups is 1. The van der Waals surface area contributed by atoms with Gasteiger partial charge >= 0.3 is 0 Å². The van der Waals surface area contributed by atoms with E-state index < -0.39 is 0 Å². The molecule has 1 N–H and O–H groups in total. The Kier molecular flexibility index (Phi) is 7.87. The Bertz CT molecular complexity index is 790.